The molecule has 0 aliphatic rings. The van der Waals surface area contributed by atoms with Gasteiger partial charge in [0.1, 0.15) is 5.69 Å². The molecule has 0 saturated heterocycles. The summed E-state index contributed by atoms with van der Waals surface area (Å²) in [5.74, 6) is -0.548. The van der Waals surface area contributed by atoms with E-state index in [1.807, 2.05) is 0 Å². The lowest BCUT2D eigenvalue weighted by Crippen LogP contribution is -2.31. The van der Waals surface area contributed by atoms with Crippen molar-refractivity contribution in [3.63, 3.8) is 0 Å². The van der Waals surface area contributed by atoms with E-state index >= 15 is 0 Å². The number of para-hydroxylation sites is 2. The van der Waals surface area contributed by atoms with Crippen molar-refractivity contribution >= 4 is 17.3 Å². The second kappa shape index (κ2) is 6.99. The van der Waals surface area contributed by atoms with E-state index in [1.165, 1.54) is 30.3 Å². The molecule has 0 atom stereocenters. The molecule has 0 heterocycles. The summed E-state index contributed by atoms with van der Waals surface area (Å²) in [4.78, 5) is 22.0. The Bertz CT molecular complexity index is 746. The third-order valence-corrected chi connectivity index (χ3v) is 3.08. The number of amides is 1. The summed E-state index contributed by atoms with van der Waals surface area (Å²) in [5, 5.41) is 10.8. The van der Waals surface area contributed by atoms with Gasteiger partial charge in [0, 0.05) is 6.07 Å². The van der Waals surface area contributed by atoms with Crippen molar-refractivity contribution < 1.29 is 22.9 Å². The fourth-order valence-corrected chi connectivity index (χ4v) is 1.92. The smallest absolute Gasteiger partial charge is 0.292 e. The lowest BCUT2D eigenvalue weighted by Gasteiger charge is -2.10. The van der Waals surface area contributed by atoms with E-state index in [0.29, 0.717) is 5.56 Å². The third-order valence-electron chi connectivity index (χ3n) is 3.08. The van der Waals surface area contributed by atoms with Gasteiger partial charge in [0.05, 0.1) is 16.9 Å². The molecule has 0 saturated carbocycles. The van der Waals surface area contributed by atoms with Gasteiger partial charge in [-0.3, -0.25) is 25.8 Å². The molecule has 6 nitrogen and oxygen atoms in total. The number of nitro benzene ring substituents is 1. The molecule has 0 radical (unpaired) electrons. The fourth-order valence-electron chi connectivity index (χ4n) is 1.92. The van der Waals surface area contributed by atoms with Crippen molar-refractivity contribution in [2.45, 2.75) is 12.6 Å². The molecular formula is C15H12F3N3O3. The quantitative estimate of drug-likeness (QED) is 0.647. The Labute approximate surface area is 134 Å². The molecule has 9 heteroatoms. The number of carbonyl (C=O) groups excluding carboxylic acids is 1. The second-order valence-corrected chi connectivity index (χ2v) is 4.82. The zero-order valence-electron chi connectivity index (χ0n) is 12.1. The lowest BCUT2D eigenvalue weighted by atomic mass is 10.1. The number of nitrogens with one attached hydrogen (secondary N) is 2. The Hall–Kier alpha value is -3.10. The number of nitro groups is 1. The summed E-state index contributed by atoms with van der Waals surface area (Å²) >= 11 is 0. The first-order valence-electron chi connectivity index (χ1n) is 6.72. The Morgan fingerprint density at radius 1 is 1.08 bits per heavy atom. The summed E-state index contributed by atoms with van der Waals surface area (Å²) < 4.78 is 37.3. The first-order chi connectivity index (χ1) is 11.3. The largest absolute Gasteiger partial charge is 0.416 e. The minimum atomic E-state index is -4.44. The fraction of sp³-hybridized carbons (Fsp3) is 0.133. The molecule has 2 aromatic carbocycles. The topological polar surface area (TPSA) is 84.3 Å². The van der Waals surface area contributed by atoms with Crippen LogP contribution in [0.4, 0.5) is 24.5 Å². The number of hydrogen-bond acceptors (Lipinski definition) is 4. The molecule has 2 N–H and O–H groups in total. The van der Waals surface area contributed by atoms with Crippen LogP contribution in [0.25, 0.3) is 0 Å². The maximum Gasteiger partial charge on any atom is 0.416 e. The van der Waals surface area contributed by atoms with Gasteiger partial charge in [-0.25, -0.2) is 0 Å². The molecule has 0 fully saturated rings. The summed E-state index contributed by atoms with van der Waals surface area (Å²) in [6.07, 6.45) is -4.61. The normalized spacial score (nSPS) is 11.0. The van der Waals surface area contributed by atoms with Crippen molar-refractivity contribution in [3.8, 4) is 0 Å². The van der Waals surface area contributed by atoms with Crippen LogP contribution in [-0.2, 0) is 17.4 Å². The van der Waals surface area contributed by atoms with E-state index in [1.54, 1.807) is 6.07 Å². The van der Waals surface area contributed by atoms with E-state index in [2.05, 4.69) is 10.9 Å². The van der Waals surface area contributed by atoms with Gasteiger partial charge < -0.3 is 0 Å². The average molecular weight is 339 g/mol. The second-order valence-electron chi connectivity index (χ2n) is 4.82. The van der Waals surface area contributed by atoms with Gasteiger partial charge in [0.25, 0.3) is 5.69 Å². The summed E-state index contributed by atoms with van der Waals surface area (Å²) in [7, 11) is 0. The van der Waals surface area contributed by atoms with Crippen molar-refractivity contribution in [1.29, 1.82) is 0 Å². The highest BCUT2D eigenvalue weighted by Gasteiger charge is 2.29. The average Bonchev–Trinajstić information content (AvgIpc) is 2.53. The predicted octanol–water partition coefficient (Wildman–Crippen LogP) is 3.30. The van der Waals surface area contributed by atoms with E-state index in [-0.39, 0.29) is 17.8 Å². The number of benzene rings is 2. The van der Waals surface area contributed by atoms with Gasteiger partial charge in [-0.1, -0.05) is 24.3 Å². The molecule has 0 aliphatic carbocycles. The minimum Gasteiger partial charge on any atom is -0.292 e. The molecular weight excluding hydrogens is 327 g/mol. The zero-order chi connectivity index (χ0) is 17.7. The number of halogens is 3. The van der Waals surface area contributed by atoms with Crippen LogP contribution < -0.4 is 10.9 Å². The van der Waals surface area contributed by atoms with Gasteiger partial charge in [-0.2, -0.15) is 13.2 Å². The molecule has 2 rings (SSSR count). The van der Waals surface area contributed by atoms with Crippen LogP contribution in [0.2, 0.25) is 0 Å². The van der Waals surface area contributed by atoms with Crippen molar-refractivity contribution in [2.75, 3.05) is 5.43 Å². The highest BCUT2D eigenvalue weighted by Crippen LogP contribution is 2.29. The van der Waals surface area contributed by atoms with Crippen molar-refractivity contribution in [2.24, 2.45) is 0 Å². The van der Waals surface area contributed by atoms with E-state index in [0.717, 1.165) is 12.1 Å². The Kier molecular flexibility index (Phi) is 5.02. The van der Waals surface area contributed by atoms with Gasteiger partial charge in [-0.15, -0.1) is 0 Å². The molecule has 0 bridgehead atoms. The molecule has 0 unspecified atom stereocenters. The number of anilines is 1. The number of hydrogen-bond donors (Lipinski definition) is 2. The van der Waals surface area contributed by atoms with Crippen LogP contribution in [0.15, 0.2) is 48.5 Å². The van der Waals surface area contributed by atoms with Crippen LogP contribution >= 0.6 is 0 Å². The third kappa shape index (κ3) is 4.45. The number of hydrazine groups is 1. The van der Waals surface area contributed by atoms with E-state index in [9.17, 15) is 28.1 Å². The van der Waals surface area contributed by atoms with Crippen molar-refractivity contribution in [3.05, 3.63) is 69.8 Å². The maximum absolute atomic E-state index is 12.4. The standard InChI is InChI=1S/C15H12F3N3O3/c16-15(17,18)11-7-5-10(6-8-11)9-14(22)20-19-12-3-1-2-4-13(12)21(23)24/h1-8,19H,9H2,(H,20,22). The molecule has 0 aromatic heterocycles. The zero-order valence-corrected chi connectivity index (χ0v) is 12.1. The van der Waals surface area contributed by atoms with Gasteiger partial charge in [0.15, 0.2) is 0 Å². The highest BCUT2D eigenvalue weighted by molar-refractivity contribution is 5.80. The van der Waals surface area contributed by atoms with E-state index < -0.39 is 22.6 Å². The summed E-state index contributed by atoms with van der Waals surface area (Å²) in [6, 6.07) is 9.89. The highest BCUT2D eigenvalue weighted by atomic mass is 19.4. The minimum absolute atomic E-state index is 0.100. The van der Waals surface area contributed by atoms with Crippen LogP contribution in [0.3, 0.4) is 0 Å². The number of carbonyl (C=O) groups is 1. The molecule has 1 amide bonds. The van der Waals surface area contributed by atoms with Gasteiger partial charge in [0.2, 0.25) is 5.91 Å². The first-order valence-corrected chi connectivity index (χ1v) is 6.72. The molecule has 24 heavy (non-hydrogen) atoms. The molecule has 126 valence electrons. The van der Waals surface area contributed by atoms with Crippen molar-refractivity contribution in [1.82, 2.24) is 5.43 Å². The van der Waals surface area contributed by atoms with Crippen LogP contribution in [0.1, 0.15) is 11.1 Å². The Balaban J connectivity index is 1.96. The van der Waals surface area contributed by atoms with E-state index in [4.69, 9.17) is 0 Å². The monoisotopic (exact) mass is 339 g/mol. The lowest BCUT2D eigenvalue weighted by molar-refractivity contribution is -0.384. The van der Waals surface area contributed by atoms with Crippen LogP contribution in [0.5, 0.6) is 0 Å². The summed E-state index contributed by atoms with van der Waals surface area (Å²) in [6.45, 7) is 0. The molecule has 0 spiro atoms. The number of rotatable bonds is 5. The molecule has 2 aromatic rings. The molecule has 0 aliphatic heterocycles. The Morgan fingerprint density at radius 2 is 1.71 bits per heavy atom. The number of alkyl halides is 3. The van der Waals surface area contributed by atoms with Crippen LogP contribution in [0, 0.1) is 10.1 Å². The van der Waals surface area contributed by atoms with Gasteiger partial charge >= 0.3 is 6.18 Å². The van der Waals surface area contributed by atoms with Gasteiger partial charge in [-0.05, 0) is 23.8 Å². The first kappa shape index (κ1) is 17.3. The Morgan fingerprint density at radius 3 is 2.29 bits per heavy atom. The van der Waals surface area contributed by atoms with Crippen LogP contribution in [-0.4, -0.2) is 10.8 Å². The number of nitrogens with zero attached hydrogens (tertiary/aromatic N) is 1. The predicted molar refractivity (Wildman–Crippen MR) is 80.0 cm³/mol. The summed E-state index contributed by atoms with van der Waals surface area (Å²) in [5.41, 5.74) is 4.16. The SMILES string of the molecule is O=C(Cc1ccc(C(F)(F)F)cc1)NNc1ccccc1[N+](=O)[O-]. The maximum atomic E-state index is 12.4.